The molecule has 0 aliphatic carbocycles. The van der Waals surface area contributed by atoms with Crippen molar-refractivity contribution in [1.29, 1.82) is 0 Å². The van der Waals surface area contributed by atoms with Gasteiger partial charge in [0, 0.05) is 49.6 Å². The molecule has 3 aliphatic heterocycles. The van der Waals surface area contributed by atoms with Crippen LogP contribution in [0.15, 0.2) is 17.1 Å². The number of alkyl halides is 1. The summed E-state index contributed by atoms with van der Waals surface area (Å²) >= 11 is 1.39. The Morgan fingerprint density at radius 1 is 1.11 bits per heavy atom. The Morgan fingerprint density at radius 2 is 1.89 bits per heavy atom. The number of nitrogens with one attached hydrogen (secondary N) is 2. The van der Waals surface area contributed by atoms with Gasteiger partial charge in [-0.3, -0.25) is 14.2 Å². The summed E-state index contributed by atoms with van der Waals surface area (Å²) in [4.78, 5) is 52.9. The molecule has 3 aliphatic rings. The molecule has 300 valence electrons. The number of rotatable bonds is 18. The number of carbonyl (C=O) groups excluding carboxylic acids is 3. The molecular weight excluding hydrogens is 729 g/mol. The van der Waals surface area contributed by atoms with E-state index in [0.29, 0.717) is 11.5 Å². The molecule has 0 saturated carbocycles. The number of thioether (sulfide) groups is 1. The van der Waals surface area contributed by atoms with E-state index in [2.05, 4.69) is 15.6 Å². The molecule has 0 bridgehead atoms. The van der Waals surface area contributed by atoms with E-state index in [-0.39, 0.29) is 63.2 Å². The molecule has 0 radical (unpaired) electrons. The quantitative estimate of drug-likeness (QED) is 0.0760. The average Bonchev–Trinajstić information content (AvgIpc) is 3.47. The lowest BCUT2D eigenvalue weighted by molar-refractivity contribution is -0.299. The van der Waals surface area contributed by atoms with E-state index in [9.17, 15) is 44.0 Å². The molecule has 53 heavy (non-hydrogen) atoms. The Balaban J connectivity index is 1.14. The summed E-state index contributed by atoms with van der Waals surface area (Å²) in [6.45, 7) is 2.23. The summed E-state index contributed by atoms with van der Waals surface area (Å²) in [7, 11) is 0. The van der Waals surface area contributed by atoms with Crippen LogP contribution in [0.3, 0.4) is 0 Å². The van der Waals surface area contributed by atoms with Crippen molar-refractivity contribution in [3.8, 4) is 0 Å². The molecule has 0 spiro atoms. The number of hydrogen-bond acceptors (Lipinski definition) is 18. The van der Waals surface area contributed by atoms with E-state index in [4.69, 9.17) is 34.2 Å². The first kappa shape index (κ1) is 42.7. The molecule has 0 aromatic carbocycles. The number of carbonyl (C=O) groups is 3. The Hall–Kier alpha value is -2.99. The highest BCUT2D eigenvalue weighted by molar-refractivity contribution is 7.99. The number of esters is 2. The van der Waals surface area contributed by atoms with E-state index in [1.807, 2.05) is 13.8 Å². The lowest BCUT2D eigenvalue weighted by atomic mass is 10.0. The van der Waals surface area contributed by atoms with Crippen LogP contribution in [0.2, 0.25) is 0 Å². The van der Waals surface area contributed by atoms with Crippen molar-refractivity contribution >= 4 is 35.4 Å². The SMILES string of the molecule is CC(C)N[C@H](CSCC1OCC(O)C[C@@H]1O[C@@H]1OC(CO)[C@@H](O)CC1O)C(=O)NCCC(=O)OCC(=O)OC[C@@H]1C[C@H](F)[C@H](n2ccc(N)nc2=O)O1. The zero-order valence-electron chi connectivity index (χ0n) is 29.5. The van der Waals surface area contributed by atoms with E-state index in [0.717, 1.165) is 4.57 Å². The zero-order valence-corrected chi connectivity index (χ0v) is 30.3. The minimum absolute atomic E-state index is 0.0215. The van der Waals surface area contributed by atoms with Crippen LogP contribution in [-0.2, 0) is 42.8 Å². The number of aliphatic hydroxyl groups is 4. The van der Waals surface area contributed by atoms with Crippen LogP contribution in [0, 0.1) is 0 Å². The van der Waals surface area contributed by atoms with Gasteiger partial charge in [-0.05, 0) is 6.07 Å². The molecule has 1 amide bonds. The van der Waals surface area contributed by atoms with E-state index in [1.54, 1.807) is 0 Å². The van der Waals surface area contributed by atoms with E-state index >= 15 is 0 Å². The van der Waals surface area contributed by atoms with Gasteiger partial charge in [0.05, 0.1) is 56.2 Å². The van der Waals surface area contributed by atoms with Gasteiger partial charge in [0.15, 0.2) is 19.1 Å². The largest absolute Gasteiger partial charge is 0.460 e. The van der Waals surface area contributed by atoms with Crippen molar-refractivity contribution in [2.45, 2.75) is 113 Å². The molecule has 4 rings (SSSR count). The Bertz CT molecular complexity index is 1410. The molecule has 1 aromatic heterocycles. The standard InChI is InChI=1S/C32H50FN5O14S/c1-16(2)36-20(14-53-15-25-23(7-17(40)11-47-25)51-31-22(42)9-21(41)24(10-39)52-31)29(45)35-5-3-27(43)49-13-28(44)48-12-18-8-19(33)30(50-18)38-6-4-26(34)37-32(38)46/h4,6,16-25,30-31,36,39-42H,3,5,7-15H2,1-2H3,(H,35,45)(H2,34,37,46)/t17?,18-,19-,20+,21-,22?,23-,24?,25?,30+,31+/m0/s1. The first-order valence-corrected chi connectivity index (χ1v) is 18.5. The van der Waals surface area contributed by atoms with Crippen molar-refractivity contribution in [3.05, 3.63) is 22.7 Å². The van der Waals surface area contributed by atoms with Gasteiger partial charge in [-0.25, -0.2) is 14.0 Å². The van der Waals surface area contributed by atoms with Crippen LogP contribution in [-0.4, -0.2) is 160 Å². The Kier molecular flexibility index (Phi) is 16.6. The van der Waals surface area contributed by atoms with Crippen LogP contribution in [0.4, 0.5) is 10.2 Å². The van der Waals surface area contributed by atoms with Gasteiger partial charge in [-0.15, -0.1) is 0 Å². The number of amides is 1. The zero-order chi connectivity index (χ0) is 38.7. The van der Waals surface area contributed by atoms with Crippen molar-refractivity contribution in [2.75, 3.05) is 50.2 Å². The summed E-state index contributed by atoms with van der Waals surface area (Å²) in [5, 5.41) is 45.9. The number of hydrogen-bond donors (Lipinski definition) is 7. The maximum absolute atomic E-state index is 14.5. The normalized spacial score (nSPS) is 30.9. The van der Waals surface area contributed by atoms with Crippen LogP contribution >= 0.6 is 11.8 Å². The minimum Gasteiger partial charge on any atom is -0.460 e. The van der Waals surface area contributed by atoms with Crippen molar-refractivity contribution in [3.63, 3.8) is 0 Å². The molecule has 3 saturated heterocycles. The molecule has 21 heteroatoms. The van der Waals surface area contributed by atoms with Gasteiger partial charge in [0.2, 0.25) is 5.91 Å². The lowest BCUT2D eigenvalue weighted by Gasteiger charge is -2.41. The fourth-order valence-corrected chi connectivity index (χ4v) is 7.04. The third-order valence-corrected chi connectivity index (χ3v) is 9.66. The fraction of sp³-hybridized carbons (Fsp3) is 0.781. The number of nitrogens with two attached hydrogens (primary N) is 1. The van der Waals surface area contributed by atoms with Crippen LogP contribution in [0.1, 0.15) is 45.8 Å². The Labute approximate surface area is 309 Å². The van der Waals surface area contributed by atoms with E-state index in [1.165, 1.54) is 24.0 Å². The van der Waals surface area contributed by atoms with Crippen molar-refractivity contribution in [1.82, 2.24) is 20.2 Å². The molecule has 1 aromatic rings. The summed E-state index contributed by atoms with van der Waals surface area (Å²) in [6, 6.07) is 0.602. The first-order chi connectivity index (χ1) is 25.2. The summed E-state index contributed by atoms with van der Waals surface area (Å²) in [6.07, 6.45) is -8.91. The molecule has 4 unspecified atom stereocenters. The second-order valence-electron chi connectivity index (χ2n) is 13.3. The highest BCUT2D eigenvalue weighted by Crippen LogP contribution is 2.31. The Morgan fingerprint density at radius 3 is 2.60 bits per heavy atom. The molecule has 3 fully saturated rings. The molecule has 11 atom stereocenters. The van der Waals surface area contributed by atoms with Crippen LogP contribution in [0.5, 0.6) is 0 Å². The number of aliphatic hydroxyl groups excluding tert-OH is 4. The predicted octanol–water partition coefficient (Wildman–Crippen LogP) is -2.49. The number of nitrogens with zero attached hydrogens (tertiary/aromatic N) is 2. The summed E-state index contributed by atoms with van der Waals surface area (Å²) < 4.78 is 48.3. The minimum atomic E-state index is -1.56. The highest BCUT2D eigenvalue weighted by Gasteiger charge is 2.41. The average molecular weight is 780 g/mol. The smallest absolute Gasteiger partial charge is 0.351 e. The third-order valence-electron chi connectivity index (χ3n) is 8.53. The molecule has 8 N–H and O–H groups in total. The first-order valence-electron chi connectivity index (χ1n) is 17.4. The number of anilines is 1. The fourth-order valence-electron chi connectivity index (χ4n) is 5.88. The third kappa shape index (κ3) is 13.1. The van der Waals surface area contributed by atoms with Crippen LogP contribution < -0.4 is 22.1 Å². The topological polar surface area (TPSA) is 272 Å². The van der Waals surface area contributed by atoms with E-state index < -0.39 is 98.3 Å². The monoisotopic (exact) mass is 779 g/mol. The molecule has 19 nitrogen and oxygen atoms in total. The lowest BCUT2D eigenvalue weighted by Crippen LogP contribution is -2.54. The van der Waals surface area contributed by atoms with Crippen LogP contribution in [0.25, 0.3) is 0 Å². The number of halogens is 1. The van der Waals surface area contributed by atoms with Gasteiger partial charge < -0.3 is 65.2 Å². The maximum atomic E-state index is 14.5. The molecule has 4 heterocycles. The highest BCUT2D eigenvalue weighted by atomic mass is 32.2. The number of ether oxygens (including phenoxy) is 6. The van der Waals surface area contributed by atoms with Crippen molar-refractivity contribution in [2.24, 2.45) is 0 Å². The second-order valence-corrected chi connectivity index (χ2v) is 14.3. The van der Waals surface area contributed by atoms with Gasteiger partial charge in [0.1, 0.15) is 30.8 Å². The van der Waals surface area contributed by atoms with Crippen molar-refractivity contribution < 1.29 is 67.6 Å². The van der Waals surface area contributed by atoms with Gasteiger partial charge >= 0.3 is 17.6 Å². The van der Waals surface area contributed by atoms with Gasteiger partial charge in [0.25, 0.3) is 0 Å². The summed E-state index contributed by atoms with van der Waals surface area (Å²) in [5.41, 5.74) is 4.67. The maximum Gasteiger partial charge on any atom is 0.351 e. The number of aromatic nitrogens is 2. The van der Waals surface area contributed by atoms with Gasteiger partial charge in [-0.2, -0.15) is 16.7 Å². The predicted molar refractivity (Wildman–Crippen MR) is 183 cm³/mol. The second kappa shape index (κ2) is 20.6. The molecular formula is C32H50FN5O14S. The number of nitrogen functional groups attached to an aromatic ring is 1. The summed E-state index contributed by atoms with van der Waals surface area (Å²) in [5.74, 6) is -1.40. The van der Waals surface area contributed by atoms with Gasteiger partial charge in [-0.1, -0.05) is 13.8 Å².